The molecule has 0 bridgehead atoms. The first-order valence-corrected chi connectivity index (χ1v) is 12.1. The molecule has 0 saturated carbocycles. The zero-order chi connectivity index (χ0) is 25.0. The van der Waals surface area contributed by atoms with E-state index in [1.807, 2.05) is 43.3 Å². The molecule has 2 aromatic rings. The Morgan fingerprint density at radius 1 is 1.09 bits per heavy atom. The van der Waals surface area contributed by atoms with Crippen LogP contribution in [0.2, 0.25) is 0 Å². The fraction of sp³-hybridized carbons (Fsp3) is 0.444. The molecule has 8 nitrogen and oxygen atoms in total. The van der Waals surface area contributed by atoms with Gasteiger partial charge in [-0.15, -0.1) is 0 Å². The van der Waals surface area contributed by atoms with Crippen molar-refractivity contribution >= 4 is 18.0 Å². The zero-order valence-electron chi connectivity index (χ0n) is 20.1. The lowest BCUT2D eigenvalue weighted by Gasteiger charge is -2.30. The van der Waals surface area contributed by atoms with Crippen molar-refractivity contribution in [1.82, 2.24) is 10.6 Å². The van der Waals surface area contributed by atoms with E-state index in [9.17, 15) is 19.5 Å². The van der Waals surface area contributed by atoms with Crippen LogP contribution in [0.3, 0.4) is 0 Å². The maximum absolute atomic E-state index is 13.0. The summed E-state index contributed by atoms with van der Waals surface area (Å²) in [6.07, 6.45) is 0.0415. The standard InChI is InChI=1S/C27H32N2O6/c1-3-13-27(2,25(32)28-15-17-12-14-34-23(17)24(30)31)29-26(33)35-16-22-20-10-6-4-8-18(20)19-9-5-7-11-21(19)22/h4-11,17,22-23H,3,12-16H2,1-2H3,(H,28,32)(H,29,33)(H,30,31)/t17-,23-,27?/m0/s1. The number of carbonyl (C=O) groups excluding carboxylic acids is 2. The van der Waals surface area contributed by atoms with Gasteiger partial charge in [-0.25, -0.2) is 9.59 Å². The second kappa shape index (κ2) is 10.5. The molecule has 4 rings (SSSR count). The van der Waals surface area contributed by atoms with Crippen LogP contribution in [0.15, 0.2) is 48.5 Å². The lowest BCUT2D eigenvalue weighted by Crippen LogP contribution is -2.57. The molecule has 1 heterocycles. The summed E-state index contributed by atoms with van der Waals surface area (Å²) in [5, 5.41) is 14.8. The van der Waals surface area contributed by atoms with Crippen LogP contribution in [0.25, 0.3) is 11.1 Å². The largest absolute Gasteiger partial charge is 0.479 e. The number of amides is 2. The second-order valence-corrected chi connectivity index (χ2v) is 9.42. The first-order chi connectivity index (χ1) is 16.8. The SMILES string of the molecule is CCCC(C)(NC(=O)OCC1c2ccccc2-c2ccccc21)C(=O)NC[C@@H]1CCO[C@@H]1C(=O)O. The highest BCUT2D eigenvalue weighted by molar-refractivity contribution is 5.89. The van der Waals surface area contributed by atoms with Gasteiger partial charge in [0.15, 0.2) is 6.10 Å². The van der Waals surface area contributed by atoms with E-state index in [0.717, 1.165) is 22.3 Å². The van der Waals surface area contributed by atoms with Gasteiger partial charge in [-0.05, 0) is 42.0 Å². The van der Waals surface area contributed by atoms with Crippen molar-refractivity contribution in [3.05, 3.63) is 59.7 Å². The minimum Gasteiger partial charge on any atom is -0.479 e. The van der Waals surface area contributed by atoms with Crippen LogP contribution in [0.5, 0.6) is 0 Å². The maximum Gasteiger partial charge on any atom is 0.408 e. The molecule has 2 amide bonds. The monoisotopic (exact) mass is 480 g/mol. The number of benzene rings is 2. The number of rotatable bonds is 9. The number of nitrogens with one attached hydrogen (secondary N) is 2. The van der Waals surface area contributed by atoms with E-state index in [1.54, 1.807) is 6.92 Å². The molecule has 0 aromatic heterocycles. The van der Waals surface area contributed by atoms with Crippen LogP contribution < -0.4 is 10.6 Å². The van der Waals surface area contributed by atoms with Crippen LogP contribution in [0, 0.1) is 5.92 Å². The molecule has 2 aromatic carbocycles. The lowest BCUT2D eigenvalue weighted by molar-refractivity contribution is -0.149. The van der Waals surface area contributed by atoms with Crippen LogP contribution in [0.4, 0.5) is 4.79 Å². The van der Waals surface area contributed by atoms with E-state index < -0.39 is 23.7 Å². The van der Waals surface area contributed by atoms with Gasteiger partial charge >= 0.3 is 12.1 Å². The quantitative estimate of drug-likeness (QED) is 0.504. The summed E-state index contributed by atoms with van der Waals surface area (Å²) >= 11 is 0. The number of fused-ring (bicyclic) bond motifs is 3. The second-order valence-electron chi connectivity index (χ2n) is 9.42. The molecule has 8 heteroatoms. The van der Waals surface area contributed by atoms with E-state index >= 15 is 0 Å². The Bertz CT molecular complexity index is 1060. The van der Waals surface area contributed by atoms with Crippen molar-refractivity contribution in [2.75, 3.05) is 19.8 Å². The highest BCUT2D eigenvalue weighted by atomic mass is 16.5. The molecule has 1 unspecified atom stereocenters. The summed E-state index contributed by atoms with van der Waals surface area (Å²) in [6.45, 7) is 4.26. The van der Waals surface area contributed by atoms with E-state index in [4.69, 9.17) is 9.47 Å². The van der Waals surface area contributed by atoms with Crippen molar-refractivity contribution in [3.63, 3.8) is 0 Å². The number of hydrogen-bond donors (Lipinski definition) is 3. The molecule has 3 atom stereocenters. The smallest absolute Gasteiger partial charge is 0.408 e. The Morgan fingerprint density at radius 2 is 1.71 bits per heavy atom. The third-order valence-electron chi connectivity index (χ3n) is 6.96. The fourth-order valence-corrected chi connectivity index (χ4v) is 5.13. The van der Waals surface area contributed by atoms with Gasteiger partial charge in [-0.2, -0.15) is 0 Å². The number of carboxylic acids is 1. The first-order valence-electron chi connectivity index (χ1n) is 12.1. The van der Waals surface area contributed by atoms with Gasteiger partial charge in [0, 0.05) is 25.0 Å². The number of carbonyl (C=O) groups is 3. The molecule has 1 fully saturated rings. The normalized spacial score (nSPS) is 20.4. The third kappa shape index (κ3) is 5.17. The van der Waals surface area contributed by atoms with Crippen molar-refractivity contribution in [1.29, 1.82) is 0 Å². The van der Waals surface area contributed by atoms with Gasteiger partial charge in [-0.3, -0.25) is 4.79 Å². The van der Waals surface area contributed by atoms with Crippen LogP contribution in [0.1, 0.15) is 50.2 Å². The Morgan fingerprint density at radius 3 is 2.31 bits per heavy atom. The van der Waals surface area contributed by atoms with E-state index in [-0.39, 0.29) is 30.9 Å². The average Bonchev–Trinajstić information content (AvgIpc) is 3.44. The zero-order valence-corrected chi connectivity index (χ0v) is 20.1. The fourth-order valence-electron chi connectivity index (χ4n) is 5.13. The topological polar surface area (TPSA) is 114 Å². The molecule has 35 heavy (non-hydrogen) atoms. The van der Waals surface area contributed by atoms with Gasteiger partial charge in [0.1, 0.15) is 12.1 Å². The average molecular weight is 481 g/mol. The Hall–Kier alpha value is -3.39. The molecule has 0 spiro atoms. The highest BCUT2D eigenvalue weighted by Gasteiger charge is 2.38. The minimum atomic E-state index is -1.19. The van der Waals surface area contributed by atoms with Gasteiger partial charge in [0.25, 0.3) is 0 Å². The number of carboxylic acid groups (broad SMARTS) is 1. The molecule has 3 N–H and O–H groups in total. The minimum absolute atomic E-state index is 0.0743. The highest BCUT2D eigenvalue weighted by Crippen LogP contribution is 2.44. The van der Waals surface area contributed by atoms with E-state index in [1.165, 1.54) is 0 Å². The summed E-state index contributed by atoms with van der Waals surface area (Å²) in [6, 6.07) is 16.2. The lowest BCUT2D eigenvalue weighted by atomic mass is 9.94. The van der Waals surface area contributed by atoms with Gasteiger partial charge < -0.3 is 25.2 Å². The van der Waals surface area contributed by atoms with Crippen molar-refractivity contribution < 1.29 is 29.0 Å². The summed E-state index contributed by atoms with van der Waals surface area (Å²) < 4.78 is 10.9. The molecule has 1 saturated heterocycles. The Balaban J connectivity index is 1.38. The van der Waals surface area contributed by atoms with Gasteiger partial charge in [0.2, 0.25) is 5.91 Å². The van der Waals surface area contributed by atoms with Crippen LogP contribution in [-0.4, -0.2) is 54.5 Å². The van der Waals surface area contributed by atoms with Crippen LogP contribution >= 0.6 is 0 Å². The Kier molecular flexibility index (Phi) is 7.40. The maximum atomic E-state index is 13.0. The molecular formula is C27H32N2O6. The molecule has 1 aliphatic carbocycles. The number of hydrogen-bond acceptors (Lipinski definition) is 5. The molecule has 0 radical (unpaired) electrons. The van der Waals surface area contributed by atoms with Gasteiger partial charge in [-0.1, -0.05) is 61.9 Å². The third-order valence-corrected chi connectivity index (χ3v) is 6.96. The summed E-state index contributed by atoms with van der Waals surface area (Å²) in [7, 11) is 0. The van der Waals surface area contributed by atoms with E-state index in [2.05, 4.69) is 22.8 Å². The van der Waals surface area contributed by atoms with Crippen molar-refractivity contribution in [2.45, 2.75) is 50.7 Å². The predicted octanol–water partition coefficient (Wildman–Crippen LogP) is 3.69. The molecule has 2 aliphatic rings. The summed E-state index contributed by atoms with van der Waals surface area (Å²) in [5.41, 5.74) is 3.32. The first kappa shape index (κ1) is 24.7. The van der Waals surface area contributed by atoms with E-state index in [0.29, 0.717) is 25.9 Å². The van der Waals surface area contributed by atoms with Crippen LogP contribution in [-0.2, 0) is 19.1 Å². The number of alkyl carbamates (subject to hydrolysis) is 1. The molecule has 1 aliphatic heterocycles. The molecule has 186 valence electrons. The summed E-state index contributed by atoms with van der Waals surface area (Å²) in [4.78, 5) is 37.2. The number of aliphatic carboxylic acids is 1. The molecular weight excluding hydrogens is 448 g/mol. The summed E-state index contributed by atoms with van der Waals surface area (Å²) in [5.74, 6) is -1.79. The van der Waals surface area contributed by atoms with Crippen molar-refractivity contribution in [2.24, 2.45) is 5.92 Å². The van der Waals surface area contributed by atoms with Gasteiger partial charge in [0.05, 0.1) is 0 Å². The van der Waals surface area contributed by atoms with Crippen molar-refractivity contribution in [3.8, 4) is 11.1 Å². The predicted molar refractivity (Wildman–Crippen MR) is 130 cm³/mol. The number of ether oxygens (including phenoxy) is 2. The Labute approximate surface area is 205 Å².